The Morgan fingerprint density at radius 3 is 2.53 bits per heavy atom. The van der Waals surface area contributed by atoms with Crippen molar-refractivity contribution >= 4 is 27.3 Å². The number of hydrogen-bond acceptors (Lipinski definition) is 2. The van der Waals surface area contributed by atoms with E-state index >= 15 is 0 Å². The van der Waals surface area contributed by atoms with Gasteiger partial charge in [0, 0.05) is 5.02 Å². The molecule has 0 saturated heterocycles. The highest BCUT2D eigenvalue weighted by Crippen LogP contribution is 2.24. The van der Waals surface area contributed by atoms with Gasteiger partial charge in [-0.05, 0) is 36.8 Å². The Labute approximate surface area is 116 Å². The van der Waals surface area contributed by atoms with Crippen molar-refractivity contribution in [2.45, 2.75) is 11.8 Å². The van der Waals surface area contributed by atoms with Gasteiger partial charge in [-0.1, -0.05) is 29.8 Å². The summed E-state index contributed by atoms with van der Waals surface area (Å²) in [5.41, 5.74) is 0.410. The summed E-state index contributed by atoms with van der Waals surface area (Å²) in [6, 6.07) is 10.2. The van der Waals surface area contributed by atoms with Crippen LogP contribution in [0.5, 0.6) is 0 Å². The van der Waals surface area contributed by atoms with Gasteiger partial charge in [0.05, 0.1) is 10.6 Å². The molecule has 19 heavy (non-hydrogen) atoms. The zero-order valence-corrected chi connectivity index (χ0v) is 11.6. The van der Waals surface area contributed by atoms with Crippen LogP contribution in [0.25, 0.3) is 0 Å². The molecule has 0 aliphatic heterocycles. The van der Waals surface area contributed by atoms with E-state index in [9.17, 15) is 12.8 Å². The van der Waals surface area contributed by atoms with E-state index in [0.29, 0.717) is 5.56 Å². The largest absolute Gasteiger partial charge is 0.277 e. The zero-order valence-electron chi connectivity index (χ0n) is 10.0. The van der Waals surface area contributed by atoms with Crippen LogP contribution in [-0.2, 0) is 10.0 Å². The average molecular weight is 300 g/mol. The first-order valence-electron chi connectivity index (χ1n) is 5.43. The van der Waals surface area contributed by atoms with Crippen LogP contribution in [0.4, 0.5) is 10.1 Å². The van der Waals surface area contributed by atoms with Crippen LogP contribution in [0.3, 0.4) is 0 Å². The predicted octanol–water partition coefficient (Wildman–Crippen LogP) is 3.59. The molecule has 0 atom stereocenters. The highest BCUT2D eigenvalue weighted by Gasteiger charge is 2.18. The fourth-order valence-corrected chi connectivity index (χ4v) is 3.11. The minimum Gasteiger partial charge on any atom is -0.277 e. The van der Waals surface area contributed by atoms with Gasteiger partial charge in [0.1, 0.15) is 5.82 Å². The molecule has 0 aromatic heterocycles. The third-order valence-corrected chi connectivity index (χ3v) is 4.32. The Balaban J connectivity index is 2.43. The lowest BCUT2D eigenvalue weighted by Crippen LogP contribution is -2.15. The van der Waals surface area contributed by atoms with Gasteiger partial charge in [-0.25, -0.2) is 12.8 Å². The maximum absolute atomic E-state index is 13.5. The van der Waals surface area contributed by atoms with Crippen LogP contribution in [0, 0.1) is 12.7 Å². The summed E-state index contributed by atoms with van der Waals surface area (Å²) in [4.78, 5) is 0.106. The molecular formula is C13H11ClFNO2S. The normalized spacial score (nSPS) is 11.3. The minimum absolute atomic E-state index is 0.106. The quantitative estimate of drug-likeness (QED) is 0.941. The third-order valence-electron chi connectivity index (χ3n) is 2.56. The van der Waals surface area contributed by atoms with Crippen molar-refractivity contribution in [3.05, 3.63) is 58.9 Å². The van der Waals surface area contributed by atoms with E-state index < -0.39 is 15.8 Å². The molecule has 2 rings (SSSR count). The molecule has 1 N–H and O–H groups in total. The molecule has 0 fully saturated rings. The molecule has 0 aliphatic carbocycles. The maximum Gasteiger partial charge on any atom is 0.262 e. The molecule has 0 radical (unpaired) electrons. The third kappa shape index (κ3) is 3.05. The van der Waals surface area contributed by atoms with Gasteiger partial charge in [0.2, 0.25) is 0 Å². The van der Waals surface area contributed by atoms with E-state index in [2.05, 4.69) is 4.72 Å². The van der Waals surface area contributed by atoms with Gasteiger partial charge in [0.25, 0.3) is 10.0 Å². The Morgan fingerprint density at radius 2 is 1.84 bits per heavy atom. The Kier molecular flexibility index (Phi) is 3.78. The molecule has 0 spiro atoms. The molecule has 100 valence electrons. The van der Waals surface area contributed by atoms with Crippen molar-refractivity contribution in [3.63, 3.8) is 0 Å². The highest BCUT2D eigenvalue weighted by atomic mass is 35.5. The molecule has 2 aromatic rings. The second-order valence-corrected chi connectivity index (χ2v) is 6.08. The lowest BCUT2D eigenvalue weighted by molar-refractivity contribution is 0.598. The fraction of sp³-hybridized carbons (Fsp3) is 0.0769. The summed E-state index contributed by atoms with van der Waals surface area (Å²) in [6.45, 7) is 1.67. The summed E-state index contributed by atoms with van der Waals surface area (Å²) in [6.07, 6.45) is 0. The molecule has 3 nitrogen and oxygen atoms in total. The Morgan fingerprint density at radius 1 is 1.16 bits per heavy atom. The summed E-state index contributed by atoms with van der Waals surface area (Å²) in [7, 11) is -3.83. The van der Waals surface area contributed by atoms with Gasteiger partial charge in [0.15, 0.2) is 0 Å². The minimum atomic E-state index is -3.83. The summed E-state index contributed by atoms with van der Waals surface area (Å²) in [5.74, 6) is -0.679. The van der Waals surface area contributed by atoms with Crippen LogP contribution in [0.15, 0.2) is 47.4 Å². The number of nitrogens with one attached hydrogen (secondary N) is 1. The van der Waals surface area contributed by atoms with E-state index in [1.807, 2.05) is 0 Å². The predicted molar refractivity (Wildman–Crippen MR) is 73.4 cm³/mol. The molecule has 0 saturated carbocycles. The molecule has 0 heterocycles. The van der Waals surface area contributed by atoms with Gasteiger partial charge in [-0.2, -0.15) is 0 Å². The monoisotopic (exact) mass is 299 g/mol. The SMILES string of the molecule is Cc1ccccc1S(=O)(=O)Nc1cc(Cl)ccc1F. The van der Waals surface area contributed by atoms with Crippen molar-refractivity contribution in [1.29, 1.82) is 0 Å². The van der Waals surface area contributed by atoms with E-state index in [0.717, 1.165) is 6.07 Å². The van der Waals surface area contributed by atoms with Gasteiger partial charge in [-0.3, -0.25) is 4.72 Å². The highest BCUT2D eigenvalue weighted by molar-refractivity contribution is 7.92. The Hall–Kier alpha value is -1.59. The zero-order chi connectivity index (χ0) is 14.0. The lowest BCUT2D eigenvalue weighted by atomic mass is 10.2. The van der Waals surface area contributed by atoms with E-state index in [-0.39, 0.29) is 15.6 Å². The van der Waals surface area contributed by atoms with Crippen molar-refractivity contribution in [2.24, 2.45) is 0 Å². The average Bonchev–Trinajstić information content (AvgIpc) is 2.34. The topological polar surface area (TPSA) is 46.2 Å². The van der Waals surface area contributed by atoms with E-state index in [4.69, 9.17) is 11.6 Å². The second kappa shape index (κ2) is 5.19. The van der Waals surface area contributed by atoms with Crippen molar-refractivity contribution in [1.82, 2.24) is 0 Å². The Bertz CT molecular complexity index is 716. The maximum atomic E-state index is 13.5. The van der Waals surface area contributed by atoms with Crippen molar-refractivity contribution in [3.8, 4) is 0 Å². The molecule has 6 heteroatoms. The molecule has 2 aromatic carbocycles. The summed E-state index contributed by atoms with van der Waals surface area (Å²) >= 11 is 5.72. The number of hydrogen-bond donors (Lipinski definition) is 1. The lowest BCUT2D eigenvalue weighted by Gasteiger charge is -2.11. The van der Waals surface area contributed by atoms with Crippen molar-refractivity contribution < 1.29 is 12.8 Å². The van der Waals surface area contributed by atoms with Crippen LogP contribution in [0.1, 0.15) is 5.56 Å². The van der Waals surface area contributed by atoms with Crippen LogP contribution < -0.4 is 4.72 Å². The molecule has 0 unspecified atom stereocenters. The van der Waals surface area contributed by atoms with Crippen molar-refractivity contribution in [2.75, 3.05) is 4.72 Å². The molecule has 0 bridgehead atoms. The first-order valence-corrected chi connectivity index (χ1v) is 7.30. The van der Waals surface area contributed by atoms with Gasteiger partial charge in [-0.15, -0.1) is 0 Å². The van der Waals surface area contributed by atoms with Crippen LogP contribution in [-0.4, -0.2) is 8.42 Å². The number of anilines is 1. The first-order chi connectivity index (χ1) is 8.90. The van der Waals surface area contributed by atoms with Crippen LogP contribution >= 0.6 is 11.6 Å². The number of benzene rings is 2. The molecule has 0 aliphatic rings. The van der Waals surface area contributed by atoms with Gasteiger partial charge < -0.3 is 0 Å². The summed E-state index contributed by atoms with van der Waals surface area (Å²) in [5, 5.41) is 0.254. The smallest absolute Gasteiger partial charge is 0.262 e. The van der Waals surface area contributed by atoms with Crippen LogP contribution in [0.2, 0.25) is 5.02 Å². The standard InChI is InChI=1S/C13H11ClFNO2S/c1-9-4-2-3-5-13(9)19(17,18)16-12-8-10(14)6-7-11(12)15/h2-8,16H,1H3. The number of rotatable bonds is 3. The van der Waals surface area contributed by atoms with Gasteiger partial charge >= 0.3 is 0 Å². The van der Waals surface area contributed by atoms with E-state index in [1.165, 1.54) is 18.2 Å². The fourth-order valence-electron chi connectivity index (χ4n) is 1.63. The molecular weight excluding hydrogens is 289 g/mol. The number of sulfonamides is 1. The summed E-state index contributed by atoms with van der Waals surface area (Å²) < 4.78 is 40.1. The first kappa shape index (κ1) is 13.8. The molecule has 0 amide bonds. The number of aryl methyl sites for hydroxylation is 1. The number of halogens is 2. The second-order valence-electron chi connectivity index (χ2n) is 4.00. The van der Waals surface area contributed by atoms with E-state index in [1.54, 1.807) is 25.1 Å².